The Morgan fingerprint density at radius 2 is 1.74 bits per heavy atom. The first-order chi connectivity index (χ1) is 16.6. The van der Waals surface area contributed by atoms with E-state index in [1.54, 1.807) is 45.0 Å². The number of halogens is 3. The standard InChI is InChI=1S/C26H24F3NO5/c1-4-15(25(32)33)16-10-9-14(11-20(16)27)30-12-19-21(24(30)31)23(34-13(2)3)18-8-6-5-7-17(18)22(19)35-26(28)29/h5-11,13,15,26H,4,12H2,1-3H3,(H,32,33). The van der Waals surface area contributed by atoms with E-state index >= 15 is 0 Å². The predicted octanol–water partition coefficient (Wildman–Crippen LogP) is 6.11. The molecule has 1 aliphatic rings. The molecule has 1 aliphatic heterocycles. The Bertz CT molecular complexity index is 1310. The van der Waals surface area contributed by atoms with Crippen molar-refractivity contribution in [2.24, 2.45) is 0 Å². The highest BCUT2D eigenvalue weighted by Crippen LogP contribution is 2.47. The van der Waals surface area contributed by atoms with Crippen LogP contribution in [0.4, 0.5) is 18.9 Å². The second-order valence-electron chi connectivity index (χ2n) is 8.50. The van der Waals surface area contributed by atoms with Crippen molar-refractivity contribution in [2.45, 2.75) is 52.4 Å². The lowest BCUT2D eigenvalue weighted by Crippen LogP contribution is -2.24. The van der Waals surface area contributed by atoms with Gasteiger partial charge in [-0.15, -0.1) is 0 Å². The van der Waals surface area contributed by atoms with Gasteiger partial charge in [-0.25, -0.2) is 4.39 Å². The van der Waals surface area contributed by atoms with Crippen molar-refractivity contribution in [2.75, 3.05) is 4.90 Å². The van der Waals surface area contributed by atoms with Gasteiger partial charge in [0.25, 0.3) is 5.91 Å². The lowest BCUT2D eigenvalue weighted by atomic mass is 9.96. The molecule has 1 amide bonds. The first-order valence-corrected chi connectivity index (χ1v) is 11.2. The number of fused-ring (bicyclic) bond motifs is 2. The van der Waals surface area contributed by atoms with Gasteiger partial charge in [0.05, 0.1) is 24.1 Å². The number of hydrogen-bond donors (Lipinski definition) is 1. The third-order valence-corrected chi connectivity index (χ3v) is 5.93. The number of alkyl halides is 2. The normalized spacial score (nSPS) is 14.1. The van der Waals surface area contributed by atoms with Gasteiger partial charge in [-0.2, -0.15) is 8.78 Å². The SMILES string of the molecule is CCC(C(=O)O)c1ccc(N2Cc3c(c(OC(C)C)c4ccccc4c3OC(F)F)C2=O)cc1F. The summed E-state index contributed by atoms with van der Waals surface area (Å²) in [4.78, 5) is 26.3. The Morgan fingerprint density at radius 1 is 1.09 bits per heavy atom. The van der Waals surface area contributed by atoms with Gasteiger partial charge >= 0.3 is 12.6 Å². The van der Waals surface area contributed by atoms with E-state index in [1.807, 2.05) is 0 Å². The first-order valence-electron chi connectivity index (χ1n) is 11.2. The second kappa shape index (κ2) is 9.48. The van der Waals surface area contributed by atoms with Crippen LogP contribution >= 0.6 is 0 Å². The van der Waals surface area contributed by atoms with Crippen LogP contribution in [-0.2, 0) is 11.3 Å². The number of carboxylic acids is 1. The number of ether oxygens (including phenoxy) is 2. The van der Waals surface area contributed by atoms with Gasteiger partial charge in [0, 0.05) is 27.6 Å². The lowest BCUT2D eigenvalue weighted by molar-refractivity contribution is -0.138. The third-order valence-electron chi connectivity index (χ3n) is 5.93. The molecule has 0 spiro atoms. The number of carbonyl (C=O) groups is 2. The monoisotopic (exact) mass is 487 g/mol. The van der Waals surface area contributed by atoms with E-state index in [0.717, 1.165) is 6.07 Å². The molecule has 0 fully saturated rings. The number of anilines is 1. The van der Waals surface area contributed by atoms with Gasteiger partial charge in [-0.05, 0) is 32.4 Å². The van der Waals surface area contributed by atoms with Crippen LogP contribution in [0, 0.1) is 5.82 Å². The molecule has 4 rings (SSSR count). The number of amides is 1. The average molecular weight is 487 g/mol. The molecule has 35 heavy (non-hydrogen) atoms. The van der Waals surface area contributed by atoms with Crippen molar-refractivity contribution in [3.63, 3.8) is 0 Å². The van der Waals surface area contributed by atoms with Crippen molar-refractivity contribution < 1.29 is 37.3 Å². The van der Waals surface area contributed by atoms with Crippen molar-refractivity contribution in [3.8, 4) is 11.5 Å². The molecule has 0 saturated heterocycles. The Balaban J connectivity index is 1.87. The largest absolute Gasteiger partial charge is 0.490 e. The maximum Gasteiger partial charge on any atom is 0.387 e. The first kappa shape index (κ1) is 24.4. The van der Waals surface area contributed by atoms with Crippen molar-refractivity contribution in [1.29, 1.82) is 0 Å². The number of carbonyl (C=O) groups excluding carboxylic acids is 1. The van der Waals surface area contributed by atoms with E-state index in [-0.39, 0.29) is 52.9 Å². The molecule has 1 heterocycles. The summed E-state index contributed by atoms with van der Waals surface area (Å²) in [6.07, 6.45) is -0.124. The second-order valence-corrected chi connectivity index (χ2v) is 8.50. The number of rotatable bonds is 8. The summed E-state index contributed by atoms with van der Waals surface area (Å²) in [7, 11) is 0. The highest BCUT2D eigenvalue weighted by Gasteiger charge is 2.38. The van der Waals surface area contributed by atoms with Gasteiger partial charge in [0.15, 0.2) is 0 Å². The van der Waals surface area contributed by atoms with E-state index in [4.69, 9.17) is 9.47 Å². The van der Waals surface area contributed by atoms with Crippen LogP contribution in [-0.4, -0.2) is 29.7 Å². The third kappa shape index (κ3) is 4.38. The summed E-state index contributed by atoms with van der Waals surface area (Å²) in [6, 6.07) is 10.5. The fraction of sp³-hybridized carbons (Fsp3) is 0.308. The van der Waals surface area contributed by atoms with Crippen molar-refractivity contribution >= 4 is 28.3 Å². The Hall–Kier alpha value is -3.75. The zero-order valence-corrected chi connectivity index (χ0v) is 19.3. The zero-order valence-electron chi connectivity index (χ0n) is 19.3. The van der Waals surface area contributed by atoms with Crippen LogP contribution < -0.4 is 14.4 Å². The number of carboxylic acid groups (broad SMARTS) is 1. The summed E-state index contributed by atoms with van der Waals surface area (Å²) in [5.74, 6) is -3.40. The maximum absolute atomic E-state index is 14.9. The van der Waals surface area contributed by atoms with Gasteiger partial charge in [-0.1, -0.05) is 37.3 Å². The molecular formula is C26H24F3NO5. The van der Waals surface area contributed by atoms with Crippen LogP contribution in [0.1, 0.15) is 54.6 Å². The van der Waals surface area contributed by atoms with Gasteiger partial charge in [0.2, 0.25) is 0 Å². The molecule has 0 saturated carbocycles. The van der Waals surface area contributed by atoms with Crippen LogP contribution in [0.25, 0.3) is 10.8 Å². The fourth-order valence-corrected chi connectivity index (χ4v) is 4.45. The molecule has 3 aromatic rings. The quantitative estimate of drug-likeness (QED) is 0.415. The predicted molar refractivity (Wildman–Crippen MR) is 124 cm³/mol. The molecule has 184 valence electrons. The smallest absolute Gasteiger partial charge is 0.387 e. The summed E-state index contributed by atoms with van der Waals surface area (Å²) in [5, 5.41) is 10.2. The molecule has 6 nitrogen and oxygen atoms in total. The summed E-state index contributed by atoms with van der Waals surface area (Å²) < 4.78 is 52.5. The van der Waals surface area contributed by atoms with E-state index < -0.39 is 30.2 Å². The Morgan fingerprint density at radius 3 is 2.29 bits per heavy atom. The number of hydrogen-bond acceptors (Lipinski definition) is 4. The highest BCUT2D eigenvalue weighted by molar-refractivity contribution is 6.16. The van der Waals surface area contributed by atoms with Gasteiger partial charge < -0.3 is 19.5 Å². The van der Waals surface area contributed by atoms with Crippen LogP contribution in [0.2, 0.25) is 0 Å². The summed E-state index contributed by atoms with van der Waals surface area (Å²) >= 11 is 0. The number of benzene rings is 3. The molecule has 1 N–H and O–H groups in total. The Kier molecular flexibility index (Phi) is 6.60. The van der Waals surface area contributed by atoms with Crippen LogP contribution in [0.15, 0.2) is 42.5 Å². The summed E-state index contributed by atoms with van der Waals surface area (Å²) in [6.45, 7) is 1.93. The highest BCUT2D eigenvalue weighted by atomic mass is 19.3. The molecule has 0 aromatic heterocycles. The maximum atomic E-state index is 14.9. The van der Waals surface area contributed by atoms with E-state index in [1.165, 1.54) is 17.0 Å². The molecule has 1 atom stereocenters. The van der Waals surface area contributed by atoms with Gasteiger partial charge in [0.1, 0.15) is 17.3 Å². The number of aliphatic carboxylic acids is 1. The molecule has 9 heteroatoms. The van der Waals surface area contributed by atoms with Gasteiger partial charge in [-0.3, -0.25) is 9.59 Å². The molecule has 0 bridgehead atoms. The van der Waals surface area contributed by atoms with E-state index in [9.17, 15) is 27.9 Å². The Labute approximate surface area is 199 Å². The van der Waals surface area contributed by atoms with E-state index in [0.29, 0.717) is 10.8 Å². The minimum Gasteiger partial charge on any atom is -0.490 e. The molecule has 1 unspecified atom stereocenters. The van der Waals surface area contributed by atoms with Crippen LogP contribution in [0.5, 0.6) is 11.5 Å². The van der Waals surface area contributed by atoms with Crippen LogP contribution in [0.3, 0.4) is 0 Å². The average Bonchev–Trinajstić information content (AvgIpc) is 3.14. The zero-order chi connectivity index (χ0) is 25.4. The number of nitrogens with zero attached hydrogens (tertiary/aromatic N) is 1. The topological polar surface area (TPSA) is 76.1 Å². The molecule has 0 radical (unpaired) electrons. The fourth-order valence-electron chi connectivity index (χ4n) is 4.45. The van der Waals surface area contributed by atoms with Crippen molar-refractivity contribution in [1.82, 2.24) is 0 Å². The lowest BCUT2D eigenvalue weighted by Gasteiger charge is -2.19. The molecule has 3 aromatic carbocycles. The summed E-state index contributed by atoms with van der Waals surface area (Å²) in [5.41, 5.74) is 0.458. The van der Waals surface area contributed by atoms with Crippen molar-refractivity contribution in [3.05, 3.63) is 65.0 Å². The minimum atomic E-state index is -3.12. The minimum absolute atomic E-state index is 0.00389. The molecule has 0 aliphatic carbocycles. The molecular weight excluding hydrogens is 463 g/mol. The van der Waals surface area contributed by atoms with E-state index in [2.05, 4.69) is 0 Å².